The number of nitrogens with zero attached hydrogens (tertiary/aromatic N) is 2. The Hall–Kier alpha value is -1.84. The SMILES string of the molecule is CCOc1ccc(O)c2ncncc12. The first-order chi connectivity index (χ1) is 6.83. The van der Waals surface area contributed by atoms with Crippen LogP contribution in [0, 0.1) is 0 Å². The summed E-state index contributed by atoms with van der Waals surface area (Å²) >= 11 is 0. The molecule has 1 aromatic heterocycles. The highest BCUT2D eigenvalue weighted by molar-refractivity contribution is 5.88. The van der Waals surface area contributed by atoms with E-state index in [4.69, 9.17) is 4.74 Å². The second-order valence-corrected chi connectivity index (χ2v) is 2.80. The Morgan fingerprint density at radius 3 is 3.07 bits per heavy atom. The summed E-state index contributed by atoms with van der Waals surface area (Å²) in [5.41, 5.74) is 0.519. The van der Waals surface area contributed by atoms with Crippen LogP contribution in [0.5, 0.6) is 11.5 Å². The van der Waals surface area contributed by atoms with Crippen molar-refractivity contribution in [3.8, 4) is 11.5 Å². The van der Waals surface area contributed by atoms with Gasteiger partial charge in [-0.05, 0) is 19.1 Å². The molecule has 0 spiro atoms. The standard InChI is InChI=1S/C10H10N2O2/c1-2-14-9-4-3-8(13)10-7(9)5-11-6-12-10/h3-6,13H,2H2,1H3. The molecule has 0 bridgehead atoms. The number of benzene rings is 1. The topological polar surface area (TPSA) is 55.2 Å². The summed E-state index contributed by atoms with van der Waals surface area (Å²) in [6.07, 6.45) is 3.03. The van der Waals surface area contributed by atoms with E-state index in [2.05, 4.69) is 9.97 Å². The number of phenolic OH excluding ortho intramolecular Hbond substituents is 1. The third kappa shape index (κ3) is 1.35. The minimum absolute atomic E-state index is 0.144. The normalized spacial score (nSPS) is 10.4. The molecule has 0 aliphatic rings. The predicted molar refractivity (Wildman–Crippen MR) is 52.4 cm³/mol. The monoisotopic (exact) mass is 190 g/mol. The van der Waals surface area contributed by atoms with E-state index in [-0.39, 0.29) is 5.75 Å². The van der Waals surface area contributed by atoms with E-state index in [0.29, 0.717) is 17.9 Å². The molecule has 0 saturated heterocycles. The van der Waals surface area contributed by atoms with Gasteiger partial charge in [0.25, 0.3) is 0 Å². The number of phenols is 1. The molecule has 0 aliphatic carbocycles. The number of hydrogen-bond donors (Lipinski definition) is 1. The summed E-state index contributed by atoms with van der Waals surface area (Å²) in [6.45, 7) is 2.48. The molecular weight excluding hydrogens is 180 g/mol. The third-order valence-electron chi connectivity index (χ3n) is 1.91. The average Bonchev–Trinajstić information content (AvgIpc) is 2.23. The summed E-state index contributed by atoms with van der Waals surface area (Å²) in [5, 5.41) is 10.2. The smallest absolute Gasteiger partial charge is 0.142 e. The van der Waals surface area contributed by atoms with Crippen LogP contribution >= 0.6 is 0 Å². The van der Waals surface area contributed by atoms with Crippen LogP contribution in [0.1, 0.15) is 6.92 Å². The van der Waals surface area contributed by atoms with Crippen molar-refractivity contribution in [2.45, 2.75) is 6.92 Å². The van der Waals surface area contributed by atoms with Crippen molar-refractivity contribution < 1.29 is 9.84 Å². The molecule has 2 rings (SSSR count). The van der Waals surface area contributed by atoms with E-state index in [9.17, 15) is 5.11 Å². The van der Waals surface area contributed by atoms with E-state index in [1.54, 1.807) is 18.3 Å². The molecule has 0 unspecified atom stereocenters. The minimum Gasteiger partial charge on any atom is -0.506 e. The highest BCUT2D eigenvalue weighted by atomic mass is 16.5. The zero-order chi connectivity index (χ0) is 9.97. The highest BCUT2D eigenvalue weighted by Crippen LogP contribution is 2.29. The average molecular weight is 190 g/mol. The molecule has 0 amide bonds. The van der Waals surface area contributed by atoms with Gasteiger partial charge in [0.2, 0.25) is 0 Å². The van der Waals surface area contributed by atoms with E-state index in [0.717, 1.165) is 5.39 Å². The lowest BCUT2D eigenvalue weighted by Gasteiger charge is -2.06. The van der Waals surface area contributed by atoms with Gasteiger partial charge >= 0.3 is 0 Å². The number of aromatic hydroxyl groups is 1. The number of fused-ring (bicyclic) bond motifs is 1. The molecule has 72 valence electrons. The van der Waals surface area contributed by atoms with Gasteiger partial charge in [-0.25, -0.2) is 9.97 Å². The number of aromatic nitrogens is 2. The van der Waals surface area contributed by atoms with Crippen LogP contribution in [0.2, 0.25) is 0 Å². The third-order valence-corrected chi connectivity index (χ3v) is 1.91. The number of ether oxygens (including phenoxy) is 1. The zero-order valence-electron chi connectivity index (χ0n) is 7.77. The van der Waals surface area contributed by atoms with Crippen molar-refractivity contribution in [3.63, 3.8) is 0 Å². The van der Waals surface area contributed by atoms with E-state index in [1.807, 2.05) is 6.92 Å². The molecule has 4 nitrogen and oxygen atoms in total. The van der Waals surface area contributed by atoms with Crippen LogP contribution in [-0.4, -0.2) is 21.7 Å². The van der Waals surface area contributed by atoms with Crippen LogP contribution in [-0.2, 0) is 0 Å². The van der Waals surface area contributed by atoms with Gasteiger partial charge in [-0.15, -0.1) is 0 Å². The number of rotatable bonds is 2. The van der Waals surface area contributed by atoms with Gasteiger partial charge in [0.15, 0.2) is 0 Å². The lowest BCUT2D eigenvalue weighted by atomic mass is 10.2. The Morgan fingerprint density at radius 1 is 1.43 bits per heavy atom. The van der Waals surface area contributed by atoms with Crippen molar-refractivity contribution in [1.29, 1.82) is 0 Å². The van der Waals surface area contributed by atoms with Gasteiger partial charge in [0.05, 0.1) is 12.0 Å². The second kappa shape index (κ2) is 3.49. The minimum atomic E-state index is 0.144. The summed E-state index contributed by atoms with van der Waals surface area (Å²) in [6, 6.07) is 3.28. The van der Waals surface area contributed by atoms with Crippen LogP contribution in [0.25, 0.3) is 10.9 Å². The molecule has 0 saturated carbocycles. The molecule has 2 aromatic rings. The van der Waals surface area contributed by atoms with Crippen molar-refractivity contribution in [1.82, 2.24) is 9.97 Å². The first-order valence-electron chi connectivity index (χ1n) is 4.37. The molecule has 1 aromatic carbocycles. The molecule has 1 heterocycles. The van der Waals surface area contributed by atoms with Crippen molar-refractivity contribution >= 4 is 10.9 Å². The fourth-order valence-electron chi connectivity index (χ4n) is 1.32. The molecule has 4 heteroatoms. The maximum absolute atomic E-state index is 9.52. The largest absolute Gasteiger partial charge is 0.506 e. The van der Waals surface area contributed by atoms with E-state index >= 15 is 0 Å². The highest BCUT2D eigenvalue weighted by Gasteiger charge is 2.06. The summed E-state index contributed by atoms with van der Waals surface area (Å²) in [5.74, 6) is 0.840. The Balaban J connectivity index is 2.68. The zero-order valence-corrected chi connectivity index (χ0v) is 7.77. The van der Waals surface area contributed by atoms with Gasteiger partial charge < -0.3 is 9.84 Å². The van der Waals surface area contributed by atoms with Crippen LogP contribution in [0.15, 0.2) is 24.7 Å². The van der Waals surface area contributed by atoms with Crippen molar-refractivity contribution in [2.24, 2.45) is 0 Å². The Labute approximate surface area is 81.2 Å². The van der Waals surface area contributed by atoms with Crippen molar-refractivity contribution in [3.05, 3.63) is 24.7 Å². The molecule has 0 radical (unpaired) electrons. The van der Waals surface area contributed by atoms with Gasteiger partial charge in [-0.1, -0.05) is 0 Å². The van der Waals surface area contributed by atoms with Gasteiger partial charge in [0.1, 0.15) is 23.3 Å². The predicted octanol–water partition coefficient (Wildman–Crippen LogP) is 1.73. The first-order valence-corrected chi connectivity index (χ1v) is 4.37. The maximum atomic E-state index is 9.52. The van der Waals surface area contributed by atoms with Gasteiger partial charge in [-0.3, -0.25) is 0 Å². The fraction of sp³-hybridized carbons (Fsp3) is 0.200. The molecular formula is C10H10N2O2. The van der Waals surface area contributed by atoms with Crippen molar-refractivity contribution in [2.75, 3.05) is 6.61 Å². The summed E-state index contributed by atoms with van der Waals surface area (Å²) in [4.78, 5) is 7.88. The molecule has 0 aliphatic heterocycles. The lowest BCUT2D eigenvalue weighted by molar-refractivity contribution is 0.343. The Kier molecular flexibility index (Phi) is 2.18. The molecule has 14 heavy (non-hydrogen) atoms. The van der Waals surface area contributed by atoms with E-state index in [1.165, 1.54) is 6.33 Å². The lowest BCUT2D eigenvalue weighted by Crippen LogP contribution is -1.93. The Morgan fingerprint density at radius 2 is 2.29 bits per heavy atom. The second-order valence-electron chi connectivity index (χ2n) is 2.80. The summed E-state index contributed by atoms with van der Waals surface area (Å²) in [7, 11) is 0. The van der Waals surface area contributed by atoms with Gasteiger partial charge in [-0.2, -0.15) is 0 Å². The first kappa shape index (κ1) is 8.74. The Bertz CT molecular complexity index is 457. The van der Waals surface area contributed by atoms with Crippen LogP contribution in [0.4, 0.5) is 0 Å². The molecule has 0 atom stereocenters. The quantitative estimate of drug-likeness (QED) is 0.783. The van der Waals surface area contributed by atoms with E-state index < -0.39 is 0 Å². The van der Waals surface area contributed by atoms with Gasteiger partial charge in [0, 0.05) is 6.20 Å². The fourth-order valence-corrected chi connectivity index (χ4v) is 1.32. The maximum Gasteiger partial charge on any atom is 0.142 e. The van der Waals surface area contributed by atoms with Crippen LogP contribution in [0.3, 0.4) is 0 Å². The summed E-state index contributed by atoms with van der Waals surface area (Å²) < 4.78 is 5.38. The van der Waals surface area contributed by atoms with Crippen LogP contribution < -0.4 is 4.74 Å². The molecule has 0 fully saturated rings. The molecule has 1 N–H and O–H groups in total. The number of hydrogen-bond acceptors (Lipinski definition) is 4.